The molecule has 16 heavy (non-hydrogen) atoms. The van der Waals surface area contributed by atoms with Gasteiger partial charge in [-0.05, 0) is 24.0 Å². The average molecular weight is 240 g/mol. The fourth-order valence-corrected chi connectivity index (χ4v) is 2.62. The van der Waals surface area contributed by atoms with Crippen LogP contribution >= 0.6 is 0 Å². The molecule has 1 N–H and O–H groups in total. The van der Waals surface area contributed by atoms with E-state index in [0.29, 0.717) is 6.42 Å². The fraction of sp³-hybridized carbons (Fsp3) is 0.500. The van der Waals surface area contributed by atoms with Gasteiger partial charge in [-0.2, -0.15) is 0 Å². The van der Waals surface area contributed by atoms with Crippen molar-refractivity contribution in [2.75, 3.05) is 6.26 Å². The molecule has 4 heteroatoms. The van der Waals surface area contributed by atoms with E-state index in [2.05, 4.69) is 0 Å². The van der Waals surface area contributed by atoms with Gasteiger partial charge in [-0.25, -0.2) is 8.42 Å². The van der Waals surface area contributed by atoms with Crippen LogP contribution in [0.2, 0.25) is 0 Å². The second-order valence-electron chi connectivity index (χ2n) is 4.79. The summed E-state index contributed by atoms with van der Waals surface area (Å²) in [5.41, 5.74) is 1.29. The van der Waals surface area contributed by atoms with Gasteiger partial charge in [-0.1, -0.05) is 24.3 Å². The monoisotopic (exact) mass is 240 g/mol. The molecule has 1 aliphatic rings. The minimum Gasteiger partial charge on any atom is -0.390 e. The second-order valence-corrected chi connectivity index (χ2v) is 6.93. The van der Waals surface area contributed by atoms with E-state index in [4.69, 9.17) is 0 Å². The van der Waals surface area contributed by atoms with Crippen LogP contribution in [-0.2, 0) is 22.0 Å². The molecular formula is C12H16O3S. The Morgan fingerprint density at radius 3 is 2.50 bits per heavy atom. The van der Waals surface area contributed by atoms with Gasteiger partial charge in [0.05, 0.1) is 11.4 Å². The van der Waals surface area contributed by atoms with Crippen LogP contribution in [0.15, 0.2) is 24.3 Å². The fourth-order valence-electron chi connectivity index (χ4n) is 1.83. The highest BCUT2D eigenvalue weighted by Gasteiger charge is 2.40. The highest BCUT2D eigenvalue weighted by atomic mass is 32.2. The van der Waals surface area contributed by atoms with Crippen LogP contribution in [0, 0.1) is 0 Å². The van der Waals surface area contributed by atoms with Crippen molar-refractivity contribution in [1.29, 1.82) is 0 Å². The number of sulfone groups is 1. The van der Waals surface area contributed by atoms with E-state index in [0.717, 1.165) is 24.0 Å². The van der Waals surface area contributed by atoms with Gasteiger partial charge in [0.15, 0.2) is 9.84 Å². The van der Waals surface area contributed by atoms with Crippen molar-refractivity contribution in [2.24, 2.45) is 0 Å². The first-order chi connectivity index (χ1) is 7.36. The lowest BCUT2D eigenvalue weighted by atomic mass is 10.0. The summed E-state index contributed by atoms with van der Waals surface area (Å²) in [6, 6.07) is 7.46. The summed E-state index contributed by atoms with van der Waals surface area (Å²) in [7, 11) is -2.98. The van der Waals surface area contributed by atoms with E-state index >= 15 is 0 Å². The van der Waals surface area contributed by atoms with Crippen molar-refractivity contribution in [3.8, 4) is 0 Å². The molecule has 1 aliphatic carbocycles. The van der Waals surface area contributed by atoms with E-state index in [9.17, 15) is 13.5 Å². The van der Waals surface area contributed by atoms with Gasteiger partial charge < -0.3 is 5.11 Å². The van der Waals surface area contributed by atoms with Crippen LogP contribution in [0.1, 0.15) is 24.0 Å². The first-order valence-corrected chi connectivity index (χ1v) is 7.40. The second kappa shape index (κ2) is 3.86. The normalized spacial score (nSPS) is 18.4. The van der Waals surface area contributed by atoms with Gasteiger partial charge >= 0.3 is 0 Å². The summed E-state index contributed by atoms with van der Waals surface area (Å²) in [6.07, 6.45) is 3.56. The van der Waals surface area contributed by atoms with Gasteiger partial charge in [0.25, 0.3) is 0 Å². The zero-order valence-corrected chi connectivity index (χ0v) is 10.1. The molecule has 0 radical (unpaired) electrons. The molecule has 1 saturated carbocycles. The first kappa shape index (κ1) is 11.6. The highest BCUT2D eigenvalue weighted by molar-refractivity contribution is 7.89. The summed E-state index contributed by atoms with van der Waals surface area (Å²) in [5, 5.41) is 9.79. The molecule has 0 atom stereocenters. The maximum Gasteiger partial charge on any atom is 0.151 e. The number of hydrogen-bond donors (Lipinski definition) is 1. The molecule has 0 saturated heterocycles. The van der Waals surface area contributed by atoms with Crippen LogP contribution in [0.3, 0.4) is 0 Å². The minimum atomic E-state index is -2.98. The summed E-state index contributed by atoms with van der Waals surface area (Å²) < 4.78 is 22.3. The molecule has 0 heterocycles. The summed E-state index contributed by atoms with van der Waals surface area (Å²) in [4.78, 5) is 0. The van der Waals surface area contributed by atoms with Crippen molar-refractivity contribution in [3.63, 3.8) is 0 Å². The third kappa shape index (κ3) is 3.32. The Bertz CT molecular complexity index is 487. The SMILES string of the molecule is CS(=O)(=O)Cc1cccc(CC2(O)CC2)c1. The molecule has 3 nitrogen and oxygen atoms in total. The standard InChI is InChI=1S/C12H16O3S/c1-16(14,15)9-11-4-2-3-10(7-11)8-12(13)5-6-12/h2-4,7,13H,5-6,8-9H2,1H3. The molecule has 1 aromatic carbocycles. The lowest BCUT2D eigenvalue weighted by Crippen LogP contribution is -2.11. The minimum absolute atomic E-state index is 0.0687. The van der Waals surface area contributed by atoms with Gasteiger partial charge in [-0.3, -0.25) is 0 Å². The summed E-state index contributed by atoms with van der Waals surface area (Å²) in [5.74, 6) is 0.0687. The highest BCUT2D eigenvalue weighted by Crippen LogP contribution is 2.38. The molecule has 88 valence electrons. The predicted octanol–water partition coefficient (Wildman–Crippen LogP) is 1.30. The Hall–Kier alpha value is -0.870. The van der Waals surface area contributed by atoms with E-state index < -0.39 is 15.4 Å². The Morgan fingerprint density at radius 1 is 1.31 bits per heavy atom. The van der Waals surface area contributed by atoms with Crippen molar-refractivity contribution in [2.45, 2.75) is 30.6 Å². The smallest absolute Gasteiger partial charge is 0.151 e. The van der Waals surface area contributed by atoms with Gasteiger partial charge in [0.2, 0.25) is 0 Å². The maximum atomic E-state index is 11.2. The molecule has 1 fully saturated rings. The molecular weight excluding hydrogens is 224 g/mol. The van der Waals surface area contributed by atoms with Crippen LogP contribution in [-0.4, -0.2) is 25.4 Å². The Morgan fingerprint density at radius 2 is 1.94 bits per heavy atom. The van der Waals surface area contributed by atoms with Crippen LogP contribution < -0.4 is 0 Å². The molecule has 0 unspecified atom stereocenters. The molecule has 0 aliphatic heterocycles. The summed E-state index contributed by atoms with van der Waals surface area (Å²) >= 11 is 0. The van der Waals surface area contributed by atoms with E-state index in [-0.39, 0.29) is 5.75 Å². The van der Waals surface area contributed by atoms with Crippen LogP contribution in [0.25, 0.3) is 0 Å². The van der Waals surface area contributed by atoms with Crippen LogP contribution in [0.5, 0.6) is 0 Å². The predicted molar refractivity (Wildman–Crippen MR) is 62.9 cm³/mol. The third-order valence-corrected chi connectivity index (χ3v) is 3.64. The molecule has 0 amide bonds. The molecule has 0 aromatic heterocycles. The van der Waals surface area contributed by atoms with Gasteiger partial charge in [0, 0.05) is 12.7 Å². The van der Waals surface area contributed by atoms with Gasteiger partial charge in [-0.15, -0.1) is 0 Å². The van der Waals surface area contributed by atoms with Crippen molar-refractivity contribution < 1.29 is 13.5 Å². The Labute approximate surface area is 96.0 Å². The van der Waals surface area contributed by atoms with Crippen molar-refractivity contribution in [3.05, 3.63) is 35.4 Å². The number of hydrogen-bond acceptors (Lipinski definition) is 3. The maximum absolute atomic E-state index is 11.2. The van der Waals surface area contributed by atoms with Crippen molar-refractivity contribution in [1.82, 2.24) is 0 Å². The zero-order valence-electron chi connectivity index (χ0n) is 9.31. The summed E-state index contributed by atoms with van der Waals surface area (Å²) in [6.45, 7) is 0. The average Bonchev–Trinajstić information content (AvgIpc) is 2.80. The van der Waals surface area contributed by atoms with E-state index in [1.807, 2.05) is 24.3 Å². The number of rotatable bonds is 4. The zero-order chi connectivity index (χ0) is 11.8. The lowest BCUT2D eigenvalue weighted by molar-refractivity contribution is 0.151. The lowest BCUT2D eigenvalue weighted by Gasteiger charge is -2.08. The van der Waals surface area contributed by atoms with E-state index in [1.54, 1.807) is 0 Å². The molecule has 0 spiro atoms. The van der Waals surface area contributed by atoms with E-state index in [1.165, 1.54) is 6.26 Å². The largest absolute Gasteiger partial charge is 0.390 e. The number of aliphatic hydroxyl groups is 1. The quantitative estimate of drug-likeness (QED) is 0.863. The van der Waals surface area contributed by atoms with Gasteiger partial charge in [0.1, 0.15) is 0 Å². The molecule has 0 bridgehead atoms. The first-order valence-electron chi connectivity index (χ1n) is 5.34. The Kier molecular flexibility index (Phi) is 2.80. The Balaban J connectivity index is 2.13. The van der Waals surface area contributed by atoms with Crippen LogP contribution in [0.4, 0.5) is 0 Å². The molecule has 2 rings (SSSR count). The number of benzene rings is 1. The molecule has 1 aromatic rings. The van der Waals surface area contributed by atoms with Crippen molar-refractivity contribution >= 4 is 9.84 Å². The topological polar surface area (TPSA) is 54.4 Å². The third-order valence-electron chi connectivity index (χ3n) is 2.78.